The molecule has 3 N–H and O–H groups in total. The Morgan fingerprint density at radius 1 is 1.57 bits per heavy atom. The maximum absolute atomic E-state index is 5.84. The zero-order chi connectivity index (χ0) is 9.80. The summed E-state index contributed by atoms with van der Waals surface area (Å²) in [7, 11) is 0. The quantitative estimate of drug-likeness (QED) is 0.656. The summed E-state index contributed by atoms with van der Waals surface area (Å²) in [6.07, 6.45) is 7.51. The highest BCUT2D eigenvalue weighted by molar-refractivity contribution is 5.12. The molecule has 0 aromatic carbocycles. The summed E-state index contributed by atoms with van der Waals surface area (Å²) in [4.78, 5) is 0. The minimum Gasteiger partial charge on any atom is -0.378 e. The molecule has 2 atom stereocenters. The van der Waals surface area contributed by atoms with Gasteiger partial charge < -0.3 is 15.8 Å². The van der Waals surface area contributed by atoms with Crippen molar-refractivity contribution in [2.24, 2.45) is 5.73 Å². The standard InChI is InChI=1S/C11H20N2O/c12-10-6-9(7-13-8-10)3-4-11-2-1-5-14-11/h6,10-11,13H,1-5,7-8,12H2. The SMILES string of the molecule is NC1C=C(CCC2CCCO2)CNC1. The lowest BCUT2D eigenvalue weighted by Crippen LogP contribution is -2.38. The molecular formula is C11H20N2O. The van der Waals surface area contributed by atoms with Crippen molar-refractivity contribution >= 4 is 0 Å². The van der Waals surface area contributed by atoms with Gasteiger partial charge in [0.15, 0.2) is 0 Å². The highest BCUT2D eigenvalue weighted by Gasteiger charge is 2.16. The maximum atomic E-state index is 5.84. The molecule has 2 rings (SSSR count). The lowest BCUT2D eigenvalue weighted by Gasteiger charge is -2.20. The summed E-state index contributed by atoms with van der Waals surface area (Å²) in [5.41, 5.74) is 7.30. The fourth-order valence-corrected chi connectivity index (χ4v) is 2.21. The normalized spacial score (nSPS) is 33.1. The molecule has 1 saturated heterocycles. The van der Waals surface area contributed by atoms with Crippen LogP contribution in [0.1, 0.15) is 25.7 Å². The Morgan fingerprint density at radius 2 is 2.50 bits per heavy atom. The molecule has 0 spiro atoms. The van der Waals surface area contributed by atoms with Crippen LogP contribution in [0.5, 0.6) is 0 Å². The fraction of sp³-hybridized carbons (Fsp3) is 0.818. The van der Waals surface area contributed by atoms with Crippen molar-refractivity contribution in [1.82, 2.24) is 5.32 Å². The van der Waals surface area contributed by atoms with Crippen LogP contribution in [-0.4, -0.2) is 31.8 Å². The first-order valence-corrected chi connectivity index (χ1v) is 5.62. The second-order valence-electron chi connectivity index (χ2n) is 4.29. The van der Waals surface area contributed by atoms with Gasteiger partial charge in [-0.05, 0) is 25.7 Å². The largest absolute Gasteiger partial charge is 0.378 e. The minimum atomic E-state index is 0.211. The third-order valence-electron chi connectivity index (χ3n) is 2.99. The number of hydrogen-bond acceptors (Lipinski definition) is 3. The molecule has 2 aliphatic rings. The van der Waals surface area contributed by atoms with Crippen molar-refractivity contribution in [3.8, 4) is 0 Å². The molecular weight excluding hydrogens is 176 g/mol. The van der Waals surface area contributed by atoms with E-state index >= 15 is 0 Å². The lowest BCUT2D eigenvalue weighted by molar-refractivity contribution is 0.104. The Hall–Kier alpha value is -0.380. The molecule has 3 nitrogen and oxygen atoms in total. The molecule has 0 radical (unpaired) electrons. The second-order valence-corrected chi connectivity index (χ2v) is 4.29. The summed E-state index contributed by atoms with van der Waals surface area (Å²) in [5.74, 6) is 0. The average Bonchev–Trinajstić information content (AvgIpc) is 2.67. The van der Waals surface area contributed by atoms with E-state index in [-0.39, 0.29) is 6.04 Å². The van der Waals surface area contributed by atoms with Crippen LogP contribution in [0.3, 0.4) is 0 Å². The van der Waals surface area contributed by atoms with E-state index in [2.05, 4.69) is 11.4 Å². The van der Waals surface area contributed by atoms with E-state index < -0.39 is 0 Å². The Bertz CT molecular complexity index is 209. The van der Waals surface area contributed by atoms with Crippen LogP contribution in [0, 0.1) is 0 Å². The van der Waals surface area contributed by atoms with Gasteiger partial charge in [-0.2, -0.15) is 0 Å². The highest BCUT2D eigenvalue weighted by atomic mass is 16.5. The van der Waals surface area contributed by atoms with Crippen LogP contribution < -0.4 is 11.1 Å². The zero-order valence-corrected chi connectivity index (χ0v) is 8.67. The number of nitrogens with two attached hydrogens (primary N) is 1. The smallest absolute Gasteiger partial charge is 0.0579 e. The first kappa shape index (κ1) is 10.1. The molecule has 80 valence electrons. The molecule has 0 aromatic heterocycles. The molecule has 2 heterocycles. The van der Waals surface area contributed by atoms with E-state index in [1.54, 1.807) is 0 Å². The number of nitrogens with one attached hydrogen (secondary N) is 1. The fourth-order valence-electron chi connectivity index (χ4n) is 2.21. The third-order valence-corrected chi connectivity index (χ3v) is 2.99. The van der Waals surface area contributed by atoms with Gasteiger partial charge in [0, 0.05) is 25.7 Å². The summed E-state index contributed by atoms with van der Waals surface area (Å²) < 4.78 is 5.59. The second kappa shape index (κ2) is 4.91. The molecule has 0 amide bonds. The lowest BCUT2D eigenvalue weighted by atomic mass is 10.0. The molecule has 0 bridgehead atoms. The van der Waals surface area contributed by atoms with E-state index in [0.29, 0.717) is 6.10 Å². The van der Waals surface area contributed by atoms with Gasteiger partial charge >= 0.3 is 0 Å². The van der Waals surface area contributed by atoms with Crippen LogP contribution >= 0.6 is 0 Å². The average molecular weight is 196 g/mol. The molecule has 0 aromatic rings. The van der Waals surface area contributed by atoms with E-state index in [9.17, 15) is 0 Å². The molecule has 2 aliphatic heterocycles. The molecule has 14 heavy (non-hydrogen) atoms. The van der Waals surface area contributed by atoms with Gasteiger partial charge in [-0.15, -0.1) is 0 Å². The summed E-state index contributed by atoms with van der Waals surface area (Å²) in [6.45, 7) is 2.89. The van der Waals surface area contributed by atoms with Gasteiger partial charge in [0.25, 0.3) is 0 Å². The van der Waals surface area contributed by atoms with E-state index in [4.69, 9.17) is 10.5 Å². The number of rotatable bonds is 3. The van der Waals surface area contributed by atoms with E-state index in [1.165, 1.54) is 24.8 Å². The van der Waals surface area contributed by atoms with Crippen LogP contribution in [0.25, 0.3) is 0 Å². The van der Waals surface area contributed by atoms with Crippen LogP contribution in [0.15, 0.2) is 11.6 Å². The van der Waals surface area contributed by atoms with E-state index in [0.717, 1.165) is 26.1 Å². The van der Waals surface area contributed by atoms with Gasteiger partial charge in [0.2, 0.25) is 0 Å². The van der Waals surface area contributed by atoms with Gasteiger partial charge in [-0.25, -0.2) is 0 Å². The van der Waals surface area contributed by atoms with Crippen molar-refractivity contribution in [3.63, 3.8) is 0 Å². The third kappa shape index (κ3) is 2.80. The van der Waals surface area contributed by atoms with Gasteiger partial charge in [0.05, 0.1) is 6.10 Å². The first-order chi connectivity index (χ1) is 6.84. The van der Waals surface area contributed by atoms with Crippen molar-refractivity contribution in [2.75, 3.05) is 19.7 Å². The van der Waals surface area contributed by atoms with Crippen LogP contribution in [-0.2, 0) is 4.74 Å². The zero-order valence-electron chi connectivity index (χ0n) is 8.67. The predicted molar refractivity (Wildman–Crippen MR) is 57.1 cm³/mol. The summed E-state index contributed by atoms with van der Waals surface area (Å²) in [6, 6.07) is 0.211. The number of hydrogen-bond donors (Lipinski definition) is 2. The summed E-state index contributed by atoms with van der Waals surface area (Å²) >= 11 is 0. The maximum Gasteiger partial charge on any atom is 0.0579 e. The van der Waals surface area contributed by atoms with Gasteiger partial charge in [-0.3, -0.25) is 0 Å². The number of ether oxygens (including phenoxy) is 1. The Balaban J connectivity index is 1.73. The molecule has 0 aliphatic carbocycles. The van der Waals surface area contributed by atoms with E-state index in [1.807, 2.05) is 0 Å². The highest BCUT2D eigenvalue weighted by Crippen LogP contribution is 2.19. The Labute approximate surface area is 85.7 Å². The first-order valence-electron chi connectivity index (χ1n) is 5.62. The predicted octanol–water partition coefficient (Wildman–Crippen LogP) is 0.802. The van der Waals surface area contributed by atoms with Crippen LogP contribution in [0.2, 0.25) is 0 Å². The molecule has 1 fully saturated rings. The monoisotopic (exact) mass is 196 g/mol. The van der Waals surface area contributed by atoms with Crippen LogP contribution in [0.4, 0.5) is 0 Å². The molecule has 0 saturated carbocycles. The van der Waals surface area contributed by atoms with Crippen molar-refractivity contribution in [2.45, 2.75) is 37.8 Å². The topological polar surface area (TPSA) is 47.3 Å². The summed E-state index contributed by atoms with van der Waals surface area (Å²) in [5, 5.41) is 3.33. The van der Waals surface area contributed by atoms with Crippen molar-refractivity contribution in [1.29, 1.82) is 0 Å². The Kier molecular flexibility index (Phi) is 3.56. The molecule has 2 unspecified atom stereocenters. The Morgan fingerprint density at radius 3 is 3.21 bits per heavy atom. The van der Waals surface area contributed by atoms with Crippen molar-refractivity contribution < 1.29 is 4.74 Å². The minimum absolute atomic E-state index is 0.211. The van der Waals surface area contributed by atoms with Crippen molar-refractivity contribution in [3.05, 3.63) is 11.6 Å². The molecule has 3 heteroatoms. The van der Waals surface area contributed by atoms with Gasteiger partial charge in [-0.1, -0.05) is 11.6 Å². The van der Waals surface area contributed by atoms with Gasteiger partial charge in [0.1, 0.15) is 0 Å².